The van der Waals surface area contributed by atoms with Crippen molar-refractivity contribution in [2.75, 3.05) is 29.7 Å². The lowest BCUT2D eigenvalue weighted by molar-refractivity contribution is -0.134. The van der Waals surface area contributed by atoms with Crippen molar-refractivity contribution in [3.8, 4) is 5.75 Å². The van der Waals surface area contributed by atoms with E-state index in [1.165, 1.54) is 0 Å². The second kappa shape index (κ2) is 12.1. The van der Waals surface area contributed by atoms with E-state index >= 15 is 0 Å². The van der Waals surface area contributed by atoms with Gasteiger partial charge in [-0.1, -0.05) is 30.4 Å². The van der Waals surface area contributed by atoms with Crippen molar-refractivity contribution in [3.05, 3.63) is 64.7 Å². The molecule has 3 rings (SSSR count). The fourth-order valence-electron chi connectivity index (χ4n) is 4.44. The molecule has 0 aromatic heterocycles. The van der Waals surface area contributed by atoms with Gasteiger partial charge in [0, 0.05) is 31.5 Å². The maximum absolute atomic E-state index is 13.1. The average Bonchev–Trinajstić information content (AvgIpc) is 2.83. The van der Waals surface area contributed by atoms with Gasteiger partial charge in [0.1, 0.15) is 17.7 Å². The standard InChI is InChI=1S/C27H35N5O5S/c1-18-14-23(15-19(2)26(18)37-24-9-12-31(13-10-24)20(3)28)32(38(35,36)17-25(33)34)11-5-7-21-6-4-8-22(16-21)27(29)30/h4-8,14-16,24,28H,9-13,17H2,1-3H3,(H3,29,30)(H,33,34). The van der Waals surface area contributed by atoms with Crippen LogP contribution in [0.2, 0.25) is 0 Å². The highest BCUT2D eigenvalue weighted by Crippen LogP contribution is 2.32. The summed E-state index contributed by atoms with van der Waals surface area (Å²) in [6.07, 6.45) is 4.90. The van der Waals surface area contributed by atoms with Crippen molar-refractivity contribution in [1.29, 1.82) is 10.8 Å². The van der Waals surface area contributed by atoms with Gasteiger partial charge in [0.2, 0.25) is 10.0 Å². The number of nitrogen functional groups attached to an aromatic ring is 1. The number of anilines is 1. The third-order valence-corrected chi connectivity index (χ3v) is 8.00. The first-order chi connectivity index (χ1) is 17.9. The summed E-state index contributed by atoms with van der Waals surface area (Å²) in [6.45, 7) is 6.87. The van der Waals surface area contributed by atoms with E-state index in [1.807, 2.05) is 18.7 Å². The van der Waals surface area contributed by atoms with Crippen LogP contribution in [0.4, 0.5) is 5.69 Å². The number of hydrogen-bond acceptors (Lipinski definition) is 6. The fourth-order valence-corrected chi connectivity index (χ4v) is 5.65. The maximum atomic E-state index is 13.1. The van der Waals surface area contributed by atoms with Gasteiger partial charge < -0.3 is 20.5 Å². The van der Waals surface area contributed by atoms with Gasteiger partial charge in [-0.3, -0.25) is 19.9 Å². The van der Waals surface area contributed by atoms with Crippen molar-refractivity contribution in [3.63, 3.8) is 0 Å². The Bertz CT molecular complexity index is 1320. The number of ether oxygens (including phenoxy) is 1. The largest absolute Gasteiger partial charge is 0.490 e. The lowest BCUT2D eigenvalue weighted by Gasteiger charge is -2.33. The zero-order valence-corrected chi connectivity index (χ0v) is 22.7. The highest BCUT2D eigenvalue weighted by atomic mass is 32.2. The van der Waals surface area contributed by atoms with Crippen molar-refractivity contribution in [2.45, 2.75) is 39.7 Å². The normalized spacial score (nSPS) is 14.4. The molecular weight excluding hydrogens is 506 g/mol. The molecule has 1 fully saturated rings. The molecule has 1 heterocycles. The van der Waals surface area contributed by atoms with Crippen LogP contribution in [0.5, 0.6) is 5.75 Å². The number of carbonyl (C=O) groups is 1. The van der Waals surface area contributed by atoms with Crippen LogP contribution in [0, 0.1) is 24.7 Å². The molecule has 38 heavy (non-hydrogen) atoms. The quantitative estimate of drug-likeness (QED) is 0.265. The second-order valence-corrected chi connectivity index (χ2v) is 11.3. The van der Waals surface area contributed by atoms with Crippen molar-refractivity contribution in [2.24, 2.45) is 5.73 Å². The predicted octanol–water partition coefficient (Wildman–Crippen LogP) is 3.36. The third-order valence-electron chi connectivity index (χ3n) is 6.35. The first-order valence-electron chi connectivity index (χ1n) is 12.3. The molecule has 0 unspecified atom stereocenters. The Morgan fingerprint density at radius 3 is 2.37 bits per heavy atom. The molecule has 5 N–H and O–H groups in total. The van der Waals surface area contributed by atoms with E-state index in [-0.39, 0.29) is 18.5 Å². The molecule has 1 saturated heterocycles. The van der Waals surface area contributed by atoms with Crippen molar-refractivity contribution < 1.29 is 23.1 Å². The average molecular weight is 542 g/mol. The zero-order chi connectivity index (χ0) is 28.0. The molecule has 10 nitrogen and oxygen atoms in total. The van der Waals surface area contributed by atoms with Gasteiger partial charge in [0.05, 0.1) is 18.1 Å². The number of aliphatic carboxylic acids is 1. The first kappa shape index (κ1) is 28.7. The fraction of sp³-hybridized carbons (Fsp3) is 0.370. The van der Waals surface area contributed by atoms with Gasteiger partial charge in [0.15, 0.2) is 5.75 Å². The molecule has 204 valence electrons. The van der Waals surface area contributed by atoms with E-state index in [9.17, 15) is 18.3 Å². The van der Waals surface area contributed by atoms with Crippen LogP contribution in [0.1, 0.15) is 42.0 Å². The zero-order valence-electron chi connectivity index (χ0n) is 21.9. The Hall–Kier alpha value is -3.86. The summed E-state index contributed by atoms with van der Waals surface area (Å²) in [6, 6.07) is 10.4. The molecule has 2 aromatic rings. The Kier molecular flexibility index (Phi) is 9.16. The summed E-state index contributed by atoms with van der Waals surface area (Å²) in [4.78, 5) is 13.3. The minimum atomic E-state index is -4.18. The molecule has 0 radical (unpaired) electrons. The molecule has 0 saturated carbocycles. The summed E-state index contributed by atoms with van der Waals surface area (Å²) >= 11 is 0. The molecule has 0 aliphatic carbocycles. The molecule has 11 heteroatoms. The number of piperidine rings is 1. The van der Waals surface area contributed by atoms with Gasteiger partial charge >= 0.3 is 5.97 Å². The van der Waals surface area contributed by atoms with E-state index in [0.29, 0.717) is 22.8 Å². The van der Waals surface area contributed by atoms with Crippen LogP contribution in [0.3, 0.4) is 0 Å². The predicted molar refractivity (Wildman–Crippen MR) is 150 cm³/mol. The van der Waals surface area contributed by atoms with E-state index in [1.54, 1.807) is 55.5 Å². The SMILES string of the molecule is CC(=N)N1CCC(Oc2c(C)cc(N(CC=Cc3cccc(C(=N)N)c3)S(=O)(=O)CC(=O)O)cc2C)CC1. The highest BCUT2D eigenvalue weighted by Gasteiger charge is 2.27. The van der Waals surface area contributed by atoms with Crippen LogP contribution >= 0.6 is 0 Å². The Morgan fingerprint density at radius 1 is 1.18 bits per heavy atom. The number of nitrogens with one attached hydrogen (secondary N) is 2. The Morgan fingerprint density at radius 2 is 1.82 bits per heavy atom. The molecule has 0 atom stereocenters. The molecule has 0 spiro atoms. The van der Waals surface area contributed by atoms with Gasteiger partial charge in [0.25, 0.3) is 0 Å². The molecule has 1 aliphatic heterocycles. The number of rotatable bonds is 10. The van der Waals surface area contributed by atoms with Crippen LogP contribution in [-0.2, 0) is 14.8 Å². The summed E-state index contributed by atoms with van der Waals surface area (Å²) < 4.78 is 33.5. The molecule has 1 aliphatic rings. The van der Waals surface area contributed by atoms with Crippen LogP contribution < -0.4 is 14.8 Å². The van der Waals surface area contributed by atoms with E-state index < -0.39 is 21.7 Å². The molecule has 0 bridgehead atoms. The van der Waals surface area contributed by atoms with Gasteiger partial charge in [-0.15, -0.1) is 0 Å². The summed E-state index contributed by atoms with van der Waals surface area (Å²) in [5.41, 5.74) is 8.68. The molecule has 0 amide bonds. The smallest absolute Gasteiger partial charge is 0.320 e. The van der Waals surface area contributed by atoms with Crippen LogP contribution in [0.15, 0.2) is 42.5 Å². The minimum Gasteiger partial charge on any atom is -0.490 e. The third kappa shape index (κ3) is 7.34. The Labute approximate surface area is 223 Å². The lowest BCUT2D eigenvalue weighted by atomic mass is 10.1. The van der Waals surface area contributed by atoms with Crippen LogP contribution in [0.25, 0.3) is 6.08 Å². The first-order valence-corrected chi connectivity index (χ1v) is 13.9. The number of likely N-dealkylation sites (tertiary alicyclic amines) is 1. The number of hydrogen-bond donors (Lipinski definition) is 4. The number of benzene rings is 2. The Balaban J connectivity index is 1.86. The number of sulfonamides is 1. The number of nitrogens with zero attached hydrogens (tertiary/aromatic N) is 2. The van der Waals surface area contributed by atoms with E-state index in [2.05, 4.69) is 0 Å². The lowest BCUT2D eigenvalue weighted by Crippen LogP contribution is -2.40. The summed E-state index contributed by atoms with van der Waals surface area (Å²) in [7, 11) is -4.18. The summed E-state index contributed by atoms with van der Waals surface area (Å²) in [5, 5.41) is 24.6. The van der Waals surface area contributed by atoms with E-state index in [4.69, 9.17) is 21.3 Å². The van der Waals surface area contributed by atoms with Gasteiger partial charge in [-0.05, 0) is 55.7 Å². The second-order valence-electron chi connectivity index (χ2n) is 9.42. The topological polar surface area (TPSA) is 161 Å². The number of amidine groups is 2. The monoisotopic (exact) mass is 541 g/mol. The van der Waals surface area contributed by atoms with Crippen molar-refractivity contribution in [1.82, 2.24) is 4.90 Å². The number of nitrogens with two attached hydrogens (primary N) is 1. The van der Waals surface area contributed by atoms with Gasteiger partial charge in [-0.25, -0.2) is 8.42 Å². The molecule has 2 aromatic carbocycles. The van der Waals surface area contributed by atoms with E-state index in [0.717, 1.165) is 46.9 Å². The number of carboxylic acid groups (broad SMARTS) is 1. The van der Waals surface area contributed by atoms with Crippen molar-refractivity contribution >= 4 is 39.4 Å². The maximum Gasteiger partial charge on any atom is 0.320 e. The minimum absolute atomic E-state index is 0.00519. The number of aryl methyl sites for hydroxylation is 2. The molecular formula is C27H35N5O5S. The van der Waals surface area contributed by atoms with Gasteiger partial charge in [-0.2, -0.15) is 0 Å². The van der Waals surface area contributed by atoms with Crippen LogP contribution in [-0.4, -0.2) is 67.6 Å². The number of carboxylic acids is 1. The summed E-state index contributed by atoms with van der Waals surface area (Å²) in [5.74, 6) is -1.32. The highest BCUT2D eigenvalue weighted by molar-refractivity contribution is 7.93.